The van der Waals surface area contributed by atoms with Crippen molar-refractivity contribution < 1.29 is 0 Å². The smallest absolute Gasteiger partial charge is 0.0709 e. The normalized spacial score (nSPS) is 11.2. The second kappa shape index (κ2) is 6.51. The molecule has 1 heteroatoms. The Kier molecular flexibility index (Phi) is 3.91. The first-order valence-corrected chi connectivity index (χ1v) is 8.08. The molecule has 0 spiro atoms. The predicted octanol–water partition coefficient (Wildman–Crippen LogP) is 6.07. The van der Waals surface area contributed by atoms with E-state index in [0.717, 1.165) is 11.2 Å². The number of para-hydroxylation sites is 1. The Bertz CT molecular complexity index is 983. The van der Waals surface area contributed by atoms with Gasteiger partial charge in [0, 0.05) is 5.39 Å². The Labute approximate surface area is 141 Å². The molecule has 0 aliphatic rings. The highest BCUT2D eigenvalue weighted by Crippen LogP contribution is 2.20. The lowest BCUT2D eigenvalue weighted by Crippen LogP contribution is -1.82. The van der Waals surface area contributed by atoms with E-state index in [4.69, 9.17) is 0 Å². The highest BCUT2D eigenvalue weighted by atomic mass is 14.7. The molecule has 0 aliphatic heterocycles. The van der Waals surface area contributed by atoms with Gasteiger partial charge in [0.2, 0.25) is 0 Å². The maximum Gasteiger partial charge on any atom is 0.0709 e. The largest absolute Gasteiger partial charge is 0.248 e. The molecule has 0 N–H and O–H groups in total. The van der Waals surface area contributed by atoms with Crippen molar-refractivity contribution >= 4 is 23.1 Å². The van der Waals surface area contributed by atoms with Crippen molar-refractivity contribution in [2.24, 2.45) is 0 Å². The second-order valence-electron chi connectivity index (χ2n) is 5.75. The minimum Gasteiger partial charge on any atom is -0.248 e. The molecule has 0 saturated carbocycles. The number of aromatic nitrogens is 1. The minimum atomic E-state index is 0.973. The van der Waals surface area contributed by atoms with Gasteiger partial charge in [-0.1, -0.05) is 84.9 Å². The fourth-order valence-corrected chi connectivity index (χ4v) is 2.77. The number of rotatable bonds is 3. The summed E-state index contributed by atoms with van der Waals surface area (Å²) >= 11 is 0. The van der Waals surface area contributed by atoms with E-state index in [1.807, 2.05) is 24.3 Å². The zero-order chi connectivity index (χ0) is 16.2. The molecule has 1 nitrogen and oxygen atoms in total. The highest BCUT2D eigenvalue weighted by Gasteiger charge is 1.97. The average Bonchev–Trinajstić information content (AvgIpc) is 2.67. The molecule has 3 aromatic carbocycles. The summed E-state index contributed by atoms with van der Waals surface area (Å²) in [5, 5.41) is 1.17. The van der Waals surface area contributed by atoms with E-state index in [1.54, 1.807) is 0 Å². The van der Waals surface area contributed by atoms with Gasteiger partial charge in [0.25, 0.3) is 0 Å². The summed E-state index contributed by atoms with van der Waals surface area (Å²) in [6, 6.07) is 31.4. The van der Waals surface area contributed by atoms with E-state index < -0.39 is 0 Å². The monoisotopic (exact) mass is 307 g/mol. The molecule has 0 saturated heterocycles. The van der Waals surface area contributed by atoms with Gasteiger partial charge in [0.05, 0.1) is 11.2 Å². The molecule has 0 atom stereocenters. The first-order valence-electron chi connectivity index (χ1n) is 8.08. The predicted molar refractivity (Wildman–Crippen MR) is 103 cm³/mol. The summed E-state index contributed by atoms with van der Waals surface area (Å²) < 4.78 is 0. The summed E-state index contributed by atoms with van der Waals surface area (Å²) in [5.41, 5.74) is 5.64. The fourth-order valence-electron chi connectivity index (χ4n) is 2.77. The van der Waals surface area contributed by atoms with Gasteiger partial charge in [-0.15, -0.1) is 0 Å². The maximum atomic E-state index is 4.67. The molecular weight excluding hydrogens is 290 g/mol. The van der Waals surface area contributed by atoms with Crippen LogP contribution in [0.15, 0.2) is 91.0 Å². The van der Waals surface area contributed by atoms with Crippen molar-refractivity contribution in [3.05, 3.63) is 102 Å². The first-order chi connectivity index (χ1) is 11.9. The Morgan fingerprint density at radius 1 is 0.542 bits per heavy atom. The van der Waals surface area contributed by atoms with Gasteiger partial charge in [0.1, 0.15) is 0 Å². The second-order valence-corrected chi connectivity index (χ2v) is 5.75. The van der Waals surface area contributed by atoms with Crippen molar-refractivity contribution in [1.29, 1.82) is 0 Å². The number of benzene rings is 3. The highest BCUT2D eigenvalue weighted by molar-refractivity contribution is 5.81. The molecule has 1 heterocycles. The lowest BCUT2D eigenvalue weighted by molar-refractivity contribution is 1.37. The molecule has 24 heavy (non-hydrogen) atoms. The van der Waals surface area contributed by atoms with Crippen LogP contribution in [0.25, 0.3) is 34.2 Å². The molecule has 114 valence electrons. The quantitative estimate of drug-likeness (QED) is 0.447. The third-order valence-corrected chi connectivity index (χ3v) is 4.08. The first kappa shape index (κ1) is 14.4. The molecule has 0 amide bonds. The van der Waals surface area contributed by atoms with Crippen LogP contribution in [0.2, 0.25) is 0 Å². The number of hydrogen-bond donors (Lipinski definition) is 0. The fraction of sp³-hybridized carbons (Fsp3) is 0. The van der Waals surface area contributed by atoms with E-state index in [9.17, 15) is 0 Å². The van der Waals surface area contributed by atoms with Crippen LogP contribution in [0.5, 0.6) is 0 Å². The van der Waals surface area contributed by atoms with Crippen LogP contribution in [0.4, 0.5) is 0 Å². The number of hydrogen-bond acceptors (Lipinski definition) is 1. The van der Waals surface area contributed by atoms with Gasteiger partial charge in [-0.25, -0.2) is 4.98 Å². The molecule has 1 aromatic heterocycles. The minimum absolute atomic E-state index is 0.973. The molecule has 0 radical (unpaired) electrons. The van der Waals surface area contributed by atoms with Crippen LogP contribution in [-0.2, 0) is 0 Å². The van der Waals surface area contributed by atoms with Crippen LogP contribution < -0.4 is 0 Å². The van der Waals surface area contributed by atoms with Crippen molar-refractivity contribution in [2.45, 2.75) is 0 Å². The summed E-state index contributed by atoms with van der Waals surface area (Å²) in [6.07, 6.45) is 4.16. The maximum absolute atomic E-state index is 4.67. The van der Waals surface area contributed by atoms with Crippen molar-refractivity contribution in [3.8, 4) is 11.1 Å². The van der Waals surface area contributed by atoms with Crippen LogP contribution in [0, 0.1) is 0 Å². The Hall–Kier alpha value is -3.19. The molecular formula is C23H17N. The van der Waals surface area contributed by atoms with Crippen molar-refractivity contribution in [2.75, 3.05) is 0 Å². The Morgan fingerprint density at radius 3 is 2.08 bits per heavy atom. The third kappa shape index (κ3) is 3.11. The standard InChI is InChI=1S/C23H17N/c1-2-6-19(7-3-1)20-13-10-18(11-14-20)12-16-22-17-15-21-8-4-5-9-23(21)24-22/h1-17H. The lowest BCUT2D eigenvalue weighted by atomic mass is 10.0. The molecule has 4 aromatic rings. The summed E-state index contributed by atoms with van der Waals surface area (Å²) in [5.74, 6) is 0. The average molecular weight is 307 g/mol. The van der Waals surface area contributed by atoms with E-state index in [2.05, 4.69) is 83.9 Å². The molecule has 4 rings (SSSR count). The van der Waals surface area contributed by atoms with Gasteiger partial charge in [-0.3, -0.25) is 0 Å². The van der Waals surface area contributed by atoms with Crippen LogP contribution in [-0.4, -0.2) is 4.98 Å². The van der Waals surface area contributed by atoms with Gasteiger partial charge >= 0.3 is 0 Å². The summed E-state index contributed by atoms with van der Waals surface area (Å²) in [4.78, 5) is 4.67. The van der Waals surface area contributed by atoms with Crippen molar-refractivity contribution in [3.63, 3.8) is 0 Å². The van der Waals surface area contributed by atoms with Gasteiger partial charge < -0.3 is 0 Å². The topological polar surface area (TPSA) is 12.9 Å². The molecule has 0 fully saturated rings. The Balaban J connectivity index is 1.56. The number of nitrogens with zero attached hydrogens (tertiary/aromatic N) is 1. The van der Waals surface area contributed by atoms with Crippen LogP contribution in [0.3, 0.4) is 0 Å². The SMILES string of the molecule is C(=Cc1ccc2ccccc2n1)c1ccc(-c2ccccc2)cc1. The van der Waals surface area contributed by atoms with E-state index >= 15 is 0 Å². The summed E-state index contributed by atoms with van der Waals surface area (Å²) in [6.45, 7) is 0. The van der Waals surface area contributed by atoms with E-state index in [1.165, 1.54) is 22.1 Å². The summed E-state index contributed by atoms with van der Waals surface area (Å²) in [7, 11) is 0. The van der Waals surface area contributed by atoms with Gasteiger partial charge in [-0.05, 0) is 34.9 Å². The molecule has 0 unspecified atom stereocenters. The van der Waals surface area contributed by atoms with E-state index in [-0.39, 0.29) is 0 Å². The lowest BCUT2D eigenvalue weighted by Gasteiger charge is -2.02. The van der Waals surface area contributed by atoms with E-state index in [0.29, 0.717) is 0 Å². The zero-order valence-corrected chi connectivity index (χ0v) is 13.3. The van der Waals surface area contributed by atoms with Crippen LogP contribution >= 0.6 is 0 Å². The molecule has 0 bridgehead atoms. The van der Waals surface area contributed by atoms with Gasteiger partial charge in [0.15, 0.2) is 0 Å². The van der Waals surface area contributed by atoms with Crippen LogP contribution in [0.1, 0.15) is 11.3 Å². The number of fused-ring (bicyclic) bond motifs is 1. The Morgan fingerprint density at radius 2 is 1.25 bits per heavy atom. The third-order valence-electron chi connectivity index (χ3n) is 4.08. The van der Waals surface area contributed by atoms with Gasteiger partial charge in [-0.2, -0.15) is 0 Å². The molecule has 0 aliphatic carbocycles. The zero-order valence-electron chi connectivity index (χ0n) is 13.3. The van der Waals surface area contributed by atoms with Crippen molar-refractivity contribution in [1.82, 2.24) is 4.98 Å². The number of pyridine rings is 1.